The molecule has 4 heterocycles. The van der Waals surface area contributed by atoms with E-state index < -0.39 is 5.82 Å². The fourth-order valence-electron chi connectivity index (χ4n) is 3.95. The Hall–Kier alpha value is -4.19. The Labute approximate surface area is 207 Å². The number of rotatable bonds is 7. The molecule has 0 atom stereocenters. The molecular weight excluding hydrogens is 467 g/mol. The summed E-state index contributed by atoms with van der Waals surface area (Å²) in [5.74, 6) is 0.772. The standard InChI is InChI=1S/C24H27FN8O3/c1-3-35-18-5-4-15(33-10-8-32(2)9-11-33)12-17(18)27-24-26-13-16(25)22(31-24)28-20-7-6-19-23(29-20)30-21(34)14-36-19/h4-7,12-13H,3,8-11,14H2,1-2H3,(H3,26,27,28,29,30,31,34). The van der Waals surface area contributed by atoms with E-state index >= 15 is 0 Å². The Balaban J connectivity index is 1.38. The number of fused-ring (bicyclic) bond motifs is 1. The summed E-state index contributed by atoms with van der Waals surface area (Å²) in [4.78, 5) is 28.9. The van der Waals surface area contributed by atoms with Crippen molar-refractivity contribution in [1.29, 1.82) is 0 Å². The molecule has 0 aliphatic carbocycles. The van der Waals surface area contributed by atoms with Gasteiger partial charge in [0.2, 0.25) is 5.95 Å². The van der Waals surface area contributed by atoms with Crippen molar-refractivity contribution in [3.05, 3.63) is 42.3 Å². The molecular formula is C24H27FN8O3. The topological polar surface area (TPSA) is 117 Å². The van der Waals surface area contributed by atoms with E-state index in [1.54, 1.807) is 12.1 Å². The van der Waals surface area contributed by atoms with E-state index in [0.717, 1.165) is 38.1 Å². The highest BCUT2D eigenvalue weighted by Gasteiger charge is 2.19. The Morgan fingerprint density at radius 1 is 1.14 bits per heavy atom. The van der Waals surface area contributed by atoms with Gasteiger partial charge in [0.05, 0.1) is 18.5 Å². The maximum atomic E-state index is 14.6. The number of nitrogens with zero attached hydrogens (tertiary/aromatic N) is 5. The lowest BCUT2D eigenvalue weighted by molar-refractivity contribution is -0.118. The number of anilines is 6. The second kappa shape index (κ2) is 10.2. The second-order valence-corrected chi connectivity index (χ2v) is 8.42. The minimum absolute atomic E-state index is 0.0727. The van der Waals surface area contributed by atoms with Crippen molar-refractivity contribution in [1.82, 2.24) is 19.9 Å². The first kappa shape index (κ1) is 23.5. The third kappa shape index (κ3) is 5.23. The Morgan fingerprint density at radius 3 is 2.78 bits per heavy atom. The van der Waals surface area contributed by atoms with Gasteiger partial charge in [0.15, 0.2) is 29.8 Å². The smallest absolute Gasteiger partial charge is 0.263 e. The average Bonchev–Trinajstić information content (AvgIpc) is 2.87. The zero-order valence-corrected chi connectivity index (χ0v) is 20.0. The summed E-state index contributed by atoms with van der Waals surface area (Å²) < 4.78 is 25.7. The Bertz CT molecular complexity index is 1270. The van der Waals surface area contributed by atoms with Gasteiger partial charge < -0.3 is 35.2 Å². The number of carbonyl (C=O) groups excluding carboxylic acids is 1. The van der Waals surface area contributed by atoms with Crippen LogP contribution in [0.2, 0.25) is 0 Å². The number of hydrogen-bond acceptors (Lipinski definition) is 10. The van der Waals surface area contributed by atoms with E-state index in [1.165, 1.54) is 0 Å². The Kier molecular flexibility index (Phi) is 6.67. The van der Waals surface area contributed by atoms with Gasteiger partial charge in [-0.3, -0.25) is 4.79 Å². The van der Waals surface area contributed by atoms with Crippen molar-refractivity contribution in [2.24, 2.45) is 0 Å². The minimum atomic E-state index is -0.656. The van der Waals surface area contributed by atoms with Gasteiger partial charge in [0.25, 0.3) is 5.91 Å². The van der Waals surface area contributed by atoms with Gasteiger partial charge in [-0.25, -0.2) is 14.4 Å². The van der Waals surface area contributed by atoms with Gasteiger partial charge in [-0.05, 0) is 44.3 Å². The fraction of sp³-hybridized carbons (Fsp3) is 0.333. The number of nitrogens with one attached hydrogen (secondary N) is 3. The lowest BCUT2D eigenvalue weighted by Gasteiger charge is -2.34. The highest BCUT2D eigenvalue weighted by Crippen LogP contribution is 2.33. The van der Waals surface area contributed by atoms with E-state index in [-0.39, 0.29) is 35.9 Å². The fourth-order valence-corrected chi connectivity index (χ4v) is 3.95. The first-order valence-electron chi connectivity index (χ1n) is 11.7. The predicted molar refractivity (Wildman–Crippen MR) is 134 cm³/mol. The van der Waals surface area contributed by atoms with Crippen LogP contribution in [-0.4, -0.2) is 72.2 Å². The van der Waals surface area contributed by atoms with Gasteiger partial charge in [-0.2, -0.15) is 4.98 Å². The molecule has 1 amide bonds. The van der Waals surface area contributed by atoms with Gasteiger partial charge in [-0.15, -0.1) is 0 Å². The molecule has 12 heteroatoms. The number of likely N-dealkylation sites (N-methyl/N-ethyl adjacent to an activating group) is 1. The van der Waals surface area contributed by atoms with Gasteiger partial charge >= 0.3 is 0 Å². The molecule has 11 nitrogen and oxygen atoms in total. The molecule has 1 aromatic carbocycles. The van der Waals surface area contributed by atoms with E-state index in [9.17, 15) is 9.18 Å². The molecule has 2 aromatic heterocycles. The summed E-state index contributed by atoms with van der Waals surface area (Å²) in [6.45, 7) is 6.14. The molecule has 0 radical (unpaired) electrons. The van der Waals surface area contributed by atoms with Crippen LogP contribution in [-0.2, 0) is 4.79 Å². The molecule has 2 aliphatic rings. The zero-order chi connectivity index (χ0) is 25.1. The van der Waals surface area contributed by atoms with Crippen LogP contribution < -0.4 is 30.3 Å². The number of benzene rings is 1. The highest BCUT2D eigenvalue weighted by atomic mass is 19.1. The summed E-state index contributed by atoms with van der Waals surface area (Å²) in [6.07, 6.45) is 1.08. The SMILES string of the molecule is CCOc1ccc(N2CCN(C)CC2)cc1Nc1ncc(F)c(Nc2ccc3c(n2)NC(=O)CO3)n1. The number of ether oxygens (including phenoxy) is 2. The monoisotopic (exact) mass is 494 g/mol. The zero-order valence-electron chi connectivity index (χ0n) is 20.0. The second-order valence-electron chi connectivity index (χ2n) is 8.42. The van der Waals surface area contributed by atoms with E-state index in [0.29, 0.717) is 23.8 Å². The average molecular weight is 495 g/mol. The van der Waals surface area contributed by atoms with E-state index in [4.69, 9.17) is 9.47 Å². The van der Waals surface area contributed by atoms with Gasteiger partial charge in [0, 0.05) is 31.9 Å². The number of aromatic nitrogens is 3. The molecule has 0 bridgehead atoms. The van der Waals surface area contributed by atoms with Crippen LogP contribution in [0.1, 0.15) is 6.92 Å². The first-order valence-corrected chi connectivity index (χ1v) is 11.7. The summed E-state index contributed by atoms with van der Waals surface area (Å²) in [5, 5.41) is 8.63. The maximum absolute atomic E-state index is 14.6. The van der Waals surface area contributed by atoms with Gasteiger partial charge in [-0.1, -0.05) is 0 Å². The quantitative estimate of drug-likeness (QED) is 0.453. The van der Waals surface area contributed by atoms with Crippen LogP contribution in [0.5, 0.6) is 11.5 Å². The lowest BCUT2D eigenvalue weighted by atomic mass is 10.2. The first-order chi connectivity index (χ1) is 17.5. The van der Waals surface area contributed by atoms with Crippen LogP contribution in [0, 0.1) is 5.82 Å². The van der Waals surface area contributed by atoms with Crippen molar-refractivity contribution >= 4 is 40.7 Å². The normalized spacial score (nSPS) is 15.5. The van der Waals surface area contributed by atoms with E-state index in [1.807, 2.05) is 25.1 Å². The summed E-state index contributed by atoms with van der Waals surface area (Å²) in [6, 6.07) is 9.18. The van der Waals surface area contributed by atoms with Gasteiger partial charge in [0.1, 0.15) is 11.6 Å². The van der Waals surface area contributed by atoms with Crippen molar-refractivity contribution in [2.45, 2.75) is 6.92 Å². The van der Waals surface area contributed by atoms with E-state index in [2.05, 4.69) is 47.7 Å². The summed E-state index contributed by atoms with van der Waals surface area (Å²) in [7, 11) is 2.11. The van der Waals surface area contributed by atoms with Crippen LogP contribution in [0.3, 0.4) is 0 Å². The van der Waals surface area contributed by atoms with Crippen LogP contribution in [0.15, 0.2) is 36.5 Å². The molecule has 0 saturated carbocycles. The molecule has 5 rings (SSSR count). The van der Waals surface area contributed by atoms with Crippen molar-refractivity contribution < 1.29 is 18.7 Å². The molecule has 3 aromatic rings. The largest absolute Gasteiger partial charge is 0.492 e. The number of piperazine rings is 1. The van der Waals surface area contributed by atoms with Crippen molar-refractivity contribution in [3.63, 3.8) is 0 Å². The van der Waals surface area contributed by atoms with Crippen LogP contribution in [0.25, 0.3) is 0 Å². The molecule has 36 heavy (non-hydrogen) atoms. The number of carbonyl (C=O) groups is 1. The minimum Gasteiger partial charge on any atom is -0.492 e. The molecule has 0 spiro atoms. The third-order valence-electron chi connectivity index (χ3n) is 5.84. The predicted octanol–water partition coefficient (Wildman–Crippen LogP) is 2.98. The lowest BCUT2D eigenvalue weighted by Crippen LogP contribution is -2.44. The summed E-state index contributed by atoms with van der Waals surface area (Å²) >= 11 is 0. The van der Waals surface area contributed by atoms with Crippen LogP contribution in [0.4, 0.5) is 39.2 Å². The number of pyridine rings is 1. The number of amides is 1. The third-order valence-corrected chi connectivity index (χ3v) is 5.84. The summed E-state index contributed by atoms with van der Waals surface area (Å²) in [5.41, 5.74) is 1.73. The number of hydrogen-bond donors (Lipinski definition) is 3. The van der Waals surface area contributed by atoms with Crippen molar-refractivity contribution in [3.8, 4) is 11.5 Å². The molecule has 188 valence electrons. The number of halogens is 1. The molecule has 1 saturated heterocycles. The molecule has 2 aliphatic heterocycles. The highest BCUT2D eigenvalue weighted by molar-refractivity contribution is 5.94. The molecule has 1 fully saturated rings. The molecule has 3 N–H and O–H groups in total. The Morgan fingerprint density at radius 2 is 1.97 bits per heavy atom. The molecule has 0 unspecified atom stereocenters. The van der Waals surface area contributed by atoms with Crippen LogP contribution >= 0.6 is 0 Å². The van der Waals surface area contributed by atoms with Crippen molar-refractivity contribution in [2.75, 3.05) is 67.3 Å². The maximum Gasteiger partial charge on any atom is 0.263 e.